The van der Waals surface area contributed by atoms with Crippen molar-refractivity contribution in [2.45, 2.75) is 11.8 Å². The zero-order valence-corrected chi connectivity index (χ0v) is 19.7. The summed E-state index contributed by atoms with van der Waals surface area (Å²) in [5.41, 5.74) is 2.79. The zero-order chi connectivity index (χ0) is 23.5. The Labute approximate surface area is 200 Å². The van der Waals surface area contributed by atoms with Gasteiger partial charge in [0.1, 0.15) is 5.25 Å². The Kier molecular flexibility index (Phi) is 6.40. The van der Waals surface area contributed by atoms with Crippen molar-refractivity contribution in [3.63, 3.8) is 0 Å². The highest BCUT2D eigenvalue weighted by molar-refractivity contribution is 7.89. The molecule has 2 saturated heterocycles. The van der Waals surface area contributed by atoms with E-state index < -0.39 is 21.2 Å². The van der Waals surface area contributed by atoms with Crippen LogP contribution in [0.2, 0.25) is 0 Å². The molecule has 2 aliphatic heterocycles. The third-order valence-corrected chi connectivity index (χ3v) is 8.59. The van der Waals surface area contributed by atoms with Gasteiger partial charge >= 0.3 is 5.97 Å². The lowest BCUT2D eigenvalue weighted by Crippen LogP contribution is -2.60. The summed E-state index contributed by atoms with van der Waals surface area (Å²) in [4.78, 5) is 19.7. The summed E-state index contributed by atoms with van der Waals surface area (Å²) < 4.78 is 29.8. The molecule has 0 saturated carbocycles. The molecule has 2 aliphatic rings. The molecule has 8 nitrogen and oxygen atoms in total. The predicted octanol–water partition coefficient (Wildman–Crippen LogP) is 2.44. The molecule has 0 spiro atoms. The Hall–Kier alpha value is -3.14. The lowest BCUT2D eigenvalue weighted by Gasteiger charge is -2.41. The molecule has 0 unspecified atom stereocenters. The van der Waals surface area contributed by atoms with E-state index in [1.165, 1.54) is 10.6 Å². The lowest BCUT2D eigenvalue weighted by atomic mass is 10.2. The third kappa shape index (κ3) is 4.86. The van der Waals surface area contributed by atoms with E-state index in [2.05, 4.69) is 40.1 Å². The van der Waals surface area contributed by atoms with Crippen molar-refractivity contribution < 1.29 is 18.0 Å². The van der Waals surface area contributed by atoms with Crippen LogP contribution in [0.4, 0.5) is 5.69 Å². The number of carbonyl (C=O) groups excluding carboxylic acids is 1. The summed E-state index contributed by atoms with van der Waals surface area (Å²) >= 11 is 0. The average molecular weight is 481 g/mol. The Morgan fingerprint density at radius 3 is 2.21 bits per heavy atom. The fourth-order valence-corrected chi connectivity index (χ4v) is 6.13. The Bertz CT molecular complexity index is 1220. The highest BCUT2D eigenvalue weighted by Crippen LogP contribution is 2.24. The summed E-state index contributed by atoms with van der Waals surface area (Å²) in [6.45, 7) is 3.40. The molecule has 0 bridgehead atoms. The summed E-state index contributed by atoms with van der Waals surface area (Å²) in [5.74, 6) is -0.468. The molecule has 3 heterocycles. The van der Waals surface area contributed by atoms with Crippen LogP contribution in [0, 0.1) is 0 Å². The van der Waals surface area contributed by atoms with Gasteiger partial charge in [-0.2, -0.15) is 4.31 Å². The number of carbonyl (C=O) groups is 1. The van der Waals surface area contributed by atoms with E-state index >= 15 is 0 Å². The maximum absolute atomic E-state index is 13.1. The van der Waals surface area contributed by atoms with Crippen LogP contribution < -0.4 is 4.90 Å². The van der Waals surface area contributed by atoms with E-state index in [1.54, 1.807) is 28.6 Å². The first-order chi connectivity index (χ1) is 16.5. The molecule has 178 valence electrons. The summed E-state index contributed by atoms with van der Waals surface area (Å²) in [6, 6.07) is 21.1. The molecule has 2 aromatic carbocycles. The maximum Gasteiger partial charge on any atom is 0.357 e. The fourth-order valence-electron chi connectivity index (χ4n) is 4.33. The topological polar surface area (TPSA) is 75.1 Å². The van der Waals surface area contributed by atoms with Crippen LogP contribution in [0.1, 0.15) is 15.9 Å². The van der Waals surface area contributed by atoms with E-state index in [1.807, 2.05) is 24.3 Å². The number of benzene rings is 2. The Morgan fingerprint density at radius 1 is 0.882 bits per heavy atom. The molecule has 2 fully saturated rings. The molecule has 0 radical (unpaired) electrons. The predicted molar refractivity (Wildman–Crippen MR) is 130 cm³/mol. The maximum atomic E-state index is 13.1. The second kappa shape index (κ2) is 9.61. The highest BCUT2D eigenvalue weighted by atomic mass is 32.2. The van der Waals surface area contributed by atoms with Crippen LogP contribution >= 0.6 is 0 Å². The average Bonchev–Trinajstić information content (AvgIpc) is 3.30. The minimum absolute atomic E-state index is 0.198. The normalized spacial score (nSPS) is 17.9. The van der Waals surface area contributed by atoms with E-state index in [0.29, 0.717) is 31.7 Å². The minimum atomic E-state index is -3.43. The summed E-state index contributed by atoms with van der Waals surface area (Å²) in [6.07, 6.45) is 4.17. The monoisotopic (exact) mass is 480 g/mol. The van der Waals surface area contributed by atoms with Gasteiger partial charge in [0.15, 0.2) is 0 Å². The van der Waals surface area contributed by atoms with Gasteiger partial charge in [0, 0.05) is 45.1 Å². The minimum Gasteiger partial charge on any atom is -0.368 e. The molecule has 9 heteroatoms. The molecule has 34 heavy (non-hydrogen) atoms. The Morgan fingerprint density at radius 2 is 1.53 bits per heavy atom. The number of anilines is 1. The number of hydrogen-bond donors (Lipinski definition) is 0. The van der Waals surface area contributed by atoms with E-state index in [9.17, 15) is 13.2 Å². The second-order valence-corrected chi connectivity index (χ2v) is 10.9. The van der Waals surface area contributed by atoms with Gasteiger partial charge in [-0.3, -0.25) is 0 Å². The molecular formula is C25H28N4O4S. The van der Waals surface area contributed by atoms with Crippen LogP contribution in [0.25, 0.3) is 0 Å². The molecule has 1 aromatic heterocycles. The van der Waals surface area contributed by atoms with Crippen molar-refractivity contribution >= 4 is 21.7 Å². The van der Waals surface area contributed by atoms with Gasteiger partial charge in [-0.05, 0) is 23.8 Å². The molecule has 0 N–H and O–H groups in total. The first-order valence-electron chi connectivity index (χ1n) is 11.4. The van der Waals surface area contributed by atoms with Crippen molar-refractivity contribution in [2.24, 2.45) is 0 Å². The summed E-state index contributed by atoms with van der Waals surface area (Å²) in [7, 11) is -3.43. The van der Waals surface area contributed by atoms with E-state index in [0.717, 1.165) is 12.2 Å². The number of piperazine rings is 1. The van der Waals surface area contributed by atoms with Crippen molar-refractivity contribution in [2.75, 3.05) is 44.2 Å². The van der Waals surface area contributed by atoms with Crippen LogP contribution in [0.3, 0.4) is 0 Å². The molecule has 0 amide bonds. The van der Waals surface area contributed by atoms with Crippen molar-refractivity contribution in [1.29, 1.82) is 0 Å². The zero-order valence-electron chi connectivity index (χ0n) is 18.9. The first kappa shape index (κ1) is 22.6. The van der Waals surface area contributed by atoms with E-state index in [4.69, 9.17) is 4.84 Å². The summed E-state index contributed by atoms with van der Waals surface area (Å²) in [5, 5.41) is 0.873. The fraction of sp³-hybridized carbons (Fsp3) is 0.320. The molecule has 0 aliphatic carbocycles. The van der Waals surface area contributed by atoms with Gasteiger partial charge in [-0.1, -0.05) is 48.5 Å². The standard InChI is InChI=1S/C25H28N4O4S/c30-25(22-9-5-2-6-10-22)33-28-19-24(20-28)34(31,32)29-15-13-27(14-16-29)23-11-12-26(18-23)17-21-7-3-1-4-8-21/h1-12,18,24H,13-17,19-20H2. The van der Waals surface area contributed by atoms with Crippen LogP contribution in [-0.2, 0) is 21.4 Å². The SMILES string of the molecule is O=C(ON1CC(S(=O)(=O)N2CCN(c3ccn(Cc4ccccc4)c3)CC2)C1)c1ccccc1. The second-order valence-electron chi connectivity index (χ2n) is 8.67. The van der Waals surface area contributed by atoms with Gasteiger partial charge in [0.25, 0.3) is 0 Å². The smallest absolute Gasteiger partial charge is 0.357 e. The van der Waals surface area contributed by atoms with Gasteiger partial charge in [-0.15, -0.1) is 5.06 Å². The third-order valence-electron chi connectivity index (χ3n) is 6.36. The largest absolute Gasteiger partial charge is 0.368 e. The Balaban J connectivity index is 1.11. The van der Waals surface area contributed by atoms with Crippen molar-refractivity contribution in [1.82, 2.24) is 13.9 Å². The van der Waals surface area contributed by atoms with Crippen LogP contribution in [0.15, 0.2) is 79.1 Å². The highest BCUT2D eigenvalue weighted by Gasteiger charge is 2.43. The molecule has 0 atom stereocenters. The number of rotatable bonds is 7. The number of sulfonamides is 1. The van der Waals surface area contributed by atoms with Gasteiger partial charge in [0.2, 0.25) is 10.0 Å². The quantitative estimate of drug-likeness (QED) is 0.517. The van der Waals surface area contributed by atoms with Gasteiger partial charge in [-0.25, -0.2) is 13.2 Å². The van der Waals surface area contributed by atoms with Crippen LogP contribution in [0.5, 0.6) is 0 Å². The first-order valence-corrected chi connectivity index (χ1v) is 13.0. The van der Waals surface area contributed by atoms with Gasteiger partial charge in [0.05, 0.1) is 24.3 Å². The molecular weight excluding hydrogens is 452 g/mol. The molecule has 5 rings (SSSR count). The number of aromatic nitrogens is 1. The molecule has 3 aromatic rings. The van der Waals surface area contributed by atoms with Crippen molar-refractivity contribution in [3.05, 3.63) is 90.3 Å². The van der Waals surface area contributed by atoms with Crippen molar-refractivity contribution in [3.8, 4) is 0 Å². The number of hydrogen-bond acceptors (Lipinski definition) is 6. The van der Waals surface area contributed by atoms with Crippen LogP contribution in [-0.4, -0.2) is 72.8 Å². The van der Waals surface area contributed by atoms with Gasteiger partial charge < -0.3 is 14.3 Å². The lowest BCUT2D eigenvalue weighted by molar-refractivity contribution is -0.145. The number of hydroxylamine groups is 2. The van der Waals surface area contributed by atoms with E-state index in [-0.39, 0.29) is 13.1 Å². The number of nitrogens with zero attached hydrogens (tertiary/aromatic N) is 4.